The average molecular weight is 217 g/mol. The first-order valence-electron chi connectivity index (χ1n) is 5.18. The van der Waals surface area contributed by atoms with E-state index in [4.69, 9.17) is 0 Å². The summed E-state index contributed by atoms with van der Waals surface area (Å²) >= 11 is 0. The fourth-order valence-electron chi connectivity index (χ4n) is 1.87. The summed E-state index contributed by atoms with van der Waals surface area (Å²) in [5.41, 5.74) is 2.47. The lowest BCUT2D eigenvalue weighted by molar-refractivity contribution is 0.0824. The Hall–Kier alpha value is -1.84. The molecule has 16 heavy (non-hydrogen) atoms. The van der Waals surface area contributed by atoms with Crippen molar-refractivity contribution < 1.29 is 4.79 Å². The first-order valence-corrected chi connectivity index (χ1v) is 5.18. The van der Waals surface area contributed by atoms with E-state index < -0.39 is 0 Å². The first kappa shape index (κ1) is 10.7. The second-order valence-corrected chi connectivity index (χ2v) is 4.10. The van der Waals surface area contributed by atoms with Crippen molar-refractivity contribution in [2.24, 2.45) is 0 Å². The molecule has 0 aromatic carbocycles. The predicted molar refractivity (Wildman–Crippen MR) is 62.7 cm³/mol. The van der Waals surface area contributed by atoms with E-state index in [0.717, 1.165) is 17.0 Å². The van der Waals surface area contributed by atoms with Gasteiger partial charge in [0.1, 0.15) is 5.82 Å². The van der Waals surface area contributed by atoms with Crippen LogP contribution in [0.15, 0.2) is 18.2 Å². The maximum absolute atomic E-state index is 11.9. The van der Waals surface area contributed by atoms with Gasteiger partial charge in [-0.25, -0.2) is 4.98 Å². The molecule has 2 rings (SSSR count). The SMILES string of the molecule is Cc1cccc2c(C(=O)N(C)C)nc(C)n12. The molecule has 2 heterocycles. The Kier molecular flexibility index (Phi) is 2.42. The quantitative estimate of drug-likeness (QED) is 0.728. The number of rotatable bonds is 1. The van der Waals surface area contributed by atoms with Gasteiger partial charge in [-0.05, 0) is 26.0 Å². The van der Waals surface area contributed by atoms with Crippen LogP contribution in [0.3, 0.4) is 0 Å². The standard InChI is InChI=1S/C12H15N3O/c1-8-6-5-7-10-11(12(16)14(3)4)13-9(2)15(8)10/h5-7H,1-4H3. The molecule has 0 aliphatic rings. The summed E-state index contributed by atoms with van der Waals surface area (Å²) in [6, 6.07) is 5.87. The Labute approximate surface area is 94.5 Å². The topological polar surface area (TPSA) is 37.6 Å². The van der Waals surface area contributed by atoms with Gasteiger partial charge in [-0.1, -0.05) is 6.07 Å². The molecule has 0 aliphatic carbocycles. The van der Waals surface area contributed by atoms with Crippen LogP contribution in [0, 0.1) is 13.8 Å². The zero-order valence-electron chi connectivity index (χ0n) is 9.98. The number of fused-ring (bicyclic) bond motifs is 1. The molecule has 1 amide bonds. The highest BCUT2D eigenvalue weighted by atomic mass is 16.2. The number of aryl methyl sites for hydroxylation is 2. The summed E-state index contributed by atoms with van der Waals surface area (Å²) in [4.78, 5) is 17.8. The Morgan fingerprint density at radius 1 is 1.31 bits per heavy atom. The molecular formula is C12H15N3O. The smallest absolute Gasteiger partial charge is 0.274 e. The molecule has 0 bridgehead atoms. The molecule has 0 saturated carbocycles. The lowest BCUT2D eigenvalue weighted by atomic mass is 10.3. The van der Waals surface area contributed by atoms with Gasteiger partial charge in [-0.2, -0.15) is 0 Å². The molecule has 0 aliphatic heterocycles. The van der Waals surface area contributed by atoms with Crippen LogP contribution < -0.4 is 0 Å². The van der Waals surface area contributed by atoms with E-state index in [9.17, 15) is 4.79 Å². The molecule has 2 aromatic heterocycles. The second kappa shape index (κ2) is 3.63. The summed E-state index contributed by atoms with van der Waals surface area (Å²) in [7, 11) is 3.47. The van der Waals surface area contributed by atoms with E-state index in [0.29, 0.717) is 5.69 Å². The largest absolute Gasteiger partial charge is 0.343 e. The Morgan fingerprint density at radius 3 is 2.62 bits per heavy atom. The number of hydrogen-bond donors (Lipinski definition) is 0. The first-order chi connectivity index (χ1) is 7.52. The normalized spacial score (nSPS) is 10.8. The molecule has 4 nitrogen and oxygen atoms in total. The molecule has 4 heteroatoms. The zero-order chi connectivity index (χ0) is 11.9. The number of aromatic nitrogens is 2. The van der Waals surface area contributed by atoms with Crippen molar-refractivity contribution in [1.29, 1.82) is 0 Å². The van der Waals surface area contributed by atoms with Crippen LogP contribution in [0.2, 0.25) is 0 Å². The third kappa shape index (κ3) is 1.46. The van der Waals surface area contributed by atoms with Crippen molar-refractivity contribution in [3.63, 3.8) is 0 Å². The highest BCUT2D eigenvalue weighted by Crippen LogP contribution is 2.16. The molecule has 0 saturated heterocycles. The van der Waals surface area contributed by atoms with Gasteiger partial charge in [-0.3, -0.25) is 4.79 Å². The van der Waals surface area contributed by atoms with Gasteiger partial charge in [0.05, 0.1) is 5.52 Å². The van der Waals surface area contributed by atoms with Gasteiger partial charge < -0.3 is 9.30 Å². The summed E-state index contributed by atoms with van der Waals surface area (Å²) in [6.45, 7) is 3.91. The van der Waals surface area contributed by atoms with Gasteiger partial charge >= 0.3 is 0 Å². The number of nitrogens with zero attached hydrogens (tertiary/aromatic N) is 3. The van der Waals surface area contributed by atoms with Crippen LogP contribution in [0.5, 0.6) is 0 Å². The Balaban J connectivity index is 2.74. The number of amides is 1. The molecule has 0 atom stereocenters. The van der Waals surface area contributed by atoms with Crippen LogP contribution >= 0.6 is 0 Å². The summed E-state index contributed by atoms with van der Waals surface area (Å²) in [6.07, 6.45) is 0. The fraction of sp³-hybridized carbons (Fsp3) is 0.333. The predicted octanol–water partition coefficient (Wildman–Crippen LogP) is 1.65. The molecule has 0 radical (unpaired) electrons. The maximum atomic E-state index is 11.9. The number of carbonyl (C=O) groups is 1. The number of pyridine rings is 1. The van der Waals surface area contributed by atoms with Gasteiger partial charge in [0.25, 0.3) is 5.91 Å². The Bertz CT molecular complexity index is 555. The lowest BCUT2D eigenvalue weighted by Gasteiger charge is -2.08. The van der Waals surface area contributed by atoms with Crippen molar-refractivity contribution in [3.05, 3.63) is 35.4 Å². The van der Waals surface area contributed by atoms with Crippen molar-refractivity contribution >= 4 is 11.4 Å². The van der Waals surface area contributed by atoms with Crippen molar-refractivity contribution in [2.75, 3.05) is 14.1 Å². The molecule has 0 spiro atoms. The van der Waals surface area contributed by atoms with Crippen molar-refractivity contribution in [3.8, 4) is 0 Å². The van der Waals surface area contributed by atoms with Gasteiger partial charge in [0.2, 0.25) is 0 Å². The van der Waals surface area contributed by atoms with Crippen LogP contribution in [0.1, 0.15) is 22.0 Å². The summed E-state index contributed by atoms with van der Waals surface area (Å²) in [5, 5.41) is 0. The highest BCUT2D eigenvalue weighted by Gasteiger charge is 2.17. The number of carbonyl (C=O) groups excluding carboxylic acids is 1. The van der Waals surface area contributed by atoms with Crippen LogP contribution in [0.4, 0.5) is 0 Å². The van der Waals surface area contributed by atoms with E-state index in [1.165, 1.54) is 0 Å². The van der Waals surface area contributed by atoms with Gasteiger partial charge in [-0.15, -0.1) is 0 Å². The molecule has 0 fully saturated rings. The minimum atomic E-state index is -0.0591. The van der Waals surface area contributed by atoms with Crippen LogP contribution in [0.25, 0.3) is 5.52 Å². The van der Waals surface area contributed by atoms with Gasteiger partial charge in [0.15, 0.2) is 5.69 Å². The zero-order valence-corrected chi connectivity index (χ0v) is 9.98. The summed E-state index contributed by atoms with van der Waals surface area (Å²) < 4.78 is 2.00. The average Bonchev–Trinajstić information content (AvgIpc) is 2.56. The van der Waals surface area contributed by atoms with E-state index in [2.05, 4.69) is 4.98 Å². The maximum Gasteiger partial charge on any atom is 0.274 e. The van der Waals surface area contributed by atoms with E-state index in [-0.39, 0.29) is 5.91 Å². The van der Waals surface area contributed by atoms with E-state index in [1.807, 2.05) is 36.4 Å². The van der Waals surface area contributed by atoms with Crippen molar-refractivity contribution in [1.82, 2.24) is 14.3 Å². The molecular weight excluding hydrogens is 202 g/mol. The lowest BCUT2D eigenvalue weighted by Crippen LogP contribution is -2.22. The number of hydrogen-bond acceptors (Lipinski definition) is 2. The van der Waals surface area contributed by atoms with Crippen molar-refractivity contribution in [2.45, 2.75) is 13.8 Å². The molecule has 2 aromatic rings. The minimum Gasteiger partial charge on any atom is -0.343 e. The molecule has 0 N–H and O–H groups in total. The number of imidazole rings is 1. The molecule has 84 valence electrons. The summed E-state index contributed by atoms with van der Waals surface area (Å²) in [5.74, 6) is 0.787. The minimum absolute atomic E-state index is 0.0591. The Morgan fingerprint density at radius 2 is 2.00 bits per heavy atom. The van der Waals surface area contributed by atoms with Crippen LogP contribution in [-0.4, -0.2) is 34.3 Å². The second-order valence-electron chi connectivity index (χ2n) is 4.10. The van der Waals surface area contributed by atoms with E-state index in [1.54, 1.807) is 19.0 Å². The molecule has 0 unspecified atom stereocenters. The monoisotopic (exact) mass is 217 g/mol. The van der Waals surface area contributed by atoms with E-state index >= 15 is 0 Å². The van der Waals surface area contributed by atoms with Crippen LogP contribution in [-0.2, 0) is 0 Å². The highest BCUT2D eigenvalue weighted by molar-refractivity contribution is 5.98. The third-order valence-corrected chi connectivity index (χ3v) is 2.63. The third-order valence-electron chi connectivity index (χ3n) is 2.63. The van der Waals surface area contributed by atoms with Gasteiger partial charge in [0, 0.05) is 19.8 Å². The fourth-order valence-corrected chi connectivity index (χ4v) is 1.87.